The number of alkyl carbamates (subject to hydrolysis) is 1. The number of carbonyl (C=O) groups excluding carboxylic acids is 2. The minimum Gasteiger partial charge on any atom is -0.460 e. The third-order valence-electron chi connectivity index (χ3n) is 9.87. The van der Waals surface area contributed by atoms with Gasteiger partial charge in [0.1, 0.15) is 13.2 Å². The van der Waals surface area contributed by atoms with E-state index in [-0.39, 0.29) is 18.5 Å². The smallest absolute Gasteiger partial charge is 0.407 e. The molecule has 0 radical (unpaired) electrons. The van der Waals surface area contributed by atoms with Gasteiger partial charge in [0, 0.05) is 31.3 Å². The molecule has 2 N–H and O–H groups in total. The molecule has 0 spiro atoms. The molecule has 4 rings (SSSR count). The van der Waals surface area contributed by atoms with Gasteiger partial charge in [-0.2, -0.15) is 0 Å². The van der Waals surface area contributed by atoms with Gasteiger partial charge in [0.15, 0.2) is 0 Å². The fraction of sp³-hybridized carbons (Fsp3) is 0.592. The van der Waals surface area contributed by atoms with E-state index >= 15 is 0 Å². The minimum absolute atomic E-state index is 0.0441. The van der Waals surface area contributed by atoms with Crippen LogP contribution in [0.15, 0.2) is 72.8 Å². The highest BCUT2D eigenvalue weighted by Crippen LogP contribution is 2.44. The quantitative estimate of drug-likeness (QED) is 0.0491. The summed E-state index contributed by atoms with van der Waals surface area (Å²) in [5.41, 5.74) is 6.30. The second kappa shape index (κ2) is 36.0. The monoisotopic (exact) mass is 912 g/mol. The lowest BCUT2D eigenvalue weighted by atomic mass is 9.98. The number of benzene rings is 3. The van der Waals surface area contributed by atoms with E-state index in [0.29, 0.717) is 157 Å². The maximum absolute atomic E-state index is 12.3. The van der Waals surface area contributed by atoms with Gasteiger partial charge < -0.3 is 67.5 Å². The van der Waals surface area contributed by atoms with E-state index in [1.54, 1.807) is 12.1 Å². The van der Waals surface area contributed by atoms with Crippen LogP contribution in [0.3, 0.4) is 0 Å². The molecule has 0 saturated carbocycles. The Hall–Kier alpha value is -4.20. The molecular formula is C49H72N2O14. The number of hydrogen-bond donors (Lipinski definition) is 2. The first kappa shape index (κ1) is 53.4. The summed E-state index contributed by atoms with van der Waals surface area (Å²) >= 11 is 0. The summed E-state index contributed by atoms with van der Waals surface area (Å²) in [6.07, 6.45) is 2.49. The fourth-order valence-corrected chi connectivity index (χ4v) is 6.51. The van der Waals surface area contributed by atoms with Gasteiger partial charge >= 0.3 is 12.1 Å². The van der Waals surface area contributed by atoms with E-state index in [1.807, 2.05) is 36.4 Å². The van der Waals surface area contributed by atoms with Crippen LogP contribution in [0, 0.1) is 0 Å². The number of fused-ring (bicyclic) bond motifs is 3. The van der Waals surface area contributed by atoms with Crippen molar-refractivity contribution in [1.29, 1.82) is 0 Å². The van der Waals surface area contributed by atoms with Crippen molar-refractivity contribution in [2.45, 2.75) is 32.1 Å². The molecule has 0 unspecified atom stereocenters. The zero-order valence-corrected chi connectivity index (χ0v) is 38.3. The molecule has 0 atom stereocenters. The third-order valence-corrected chi connectivity index (χ3v) is 9.87. The van der Waals surface area contributed by atoms with Gasteiger partial charge in [-0.05, 0) is 59.4 Å². The van der Waals surface area contributed by atoms with Gasteiger partial charge in [0.05, 0.1) is 131 Å². The predicted molar refractivity (Wildman–Crippen MR) is 246 cm³/mol. The van der Waals surface area contributed by atoms with Crippen LogP contribution in [-0.4, -0.2) is 171 Å². The van der Waals surface area contributed by atoms with E-state index in [9.17, 15) is 9.59 Å². The maximum atomic E-state index is 12.3. The highest BCUT2D eigenvalue weighted by atomic mass is 16.6. The molecule has 1 aliphatic carbocycles. The Labute approximate surface area is 385 Å². The number of anilines is 1. The van der Waals surface area contributed by atoms with Gasteiger partial charge in [-0.1, -0.05) is 61.9 Å². The Bertz CT molecular complexity index is 1620. The van der Waals surface area contributed by atoms with Gasteiger partial charge in [-0.15, -0.1) is 0 Å². The average Bonchev–Trinajstić information content (AvgIpc) is 3.65. The fourth-order valence-electron chi connectivity index (χ4n) is 6.51. The van der Waals surface area contributed by atoms with Crippen molar-refractivity contribution < 1.29 is 66.4 Å². The van der Waals surface area contributed by atoms with E-state index in [0.717, 1.165) is 25.1 Å². The van der Waals surface area contributed by atoms with Gasteiger partial charge in [-0.25, -0.2) is 9.59 Å². The van der Waals surface area contributed by atoms with Crippen molar-refractivity contribution in [3.63, 3.8) is 0 Å². The molecule has 65 heavy (non-hydrogen) atoms. The molecule has 0 aliphatic heterocycles. The van der Waals surface area contributed by atoms with Crippen LogP contribution in [0.25, 0.3) is 11.1 Å². The van der Waals surface area contributed by atoms with Crippen LogP contribution < -0.4 is 10.6 Å². The van der Waals surface area contributed by atoms with Crippen LogP contribution in [0.1, 0.15) is 53.6 Å². The highest BCUT2D eigenvalue weighted by Gasteiger charge is 2.29. The van der Waals surface area contributed by atoms with Crippen LogP contribution >= 0.6 is 0 Å². The van der Waals surface area contributed by atoms with Crippen molar-refractivity contribution in [2.24, 2.45) is 0 Å². The Morgan fingerprint density at radius 3 is 1.28 bits per heavy atom. The summed E-state index contributed by atoms with van der Waals surface area (Å²) in [6.45, 7) is 13.2. The molecular weight excluding hydrogens is 841 g/mol. The lowest BCUT2D eigenvalue weighted by Crippen LogP contribution is -2.27. The summed E-state index contributed by atoms with van der Waals surface area (Å²) in [5.74, 6) is -0.322. The summed E-state index contributed by atoms with van der Waals surface area (Å²) in [4.78, 5) is 24.5. The molecule has 1 aliphatic rings. The lowest BCUT2D eigenvalue weighted by molar-refractivity contribution is -0.0271. The normalized spacial score (nSPS) is 12.0. The number of rotatable bonds is 41. The highest BCUT2D eigenvalue weighted by molar-refractivity contribution is 5.89. The second-order valence-corrected chi connectivity index (χ2v) is 14.7. The topological polar surface area (TPSA) is 169 Å². The zero-order valence-electron chi connectivity index (χ0n) is 38.3. The van der Waals surface area contributed by atoms with Gasteiger partial charge in [0.25, 0.3) is 0 Å². The van der Waals surface area contributed by atoms with Crippen molar-refractivity contribution >= 4 is 17.7 Å². The van der Waals surface area contributed by atoms with E-state index in [4.69, 9.17) is 56.8 Å². The van der Waals surface area contributed by atoms with E-state index < -0.39 is 6.09 Å². The van der Waals surface area contributed by atoms with E-state index in [1.165, 1.54) is 22.3 Å². The molecule has 362 valence electrons. The van der Waals surface area contributed by atoms with Gasteiger partial charge in [0.2, 0.25) is 0 Å². The molecule has 3 aromatic carbocycles. The average molecular weight is 913 g/mol. The molecule has 1 amide bonds. The first-order valence-corrected chi connectivity index (χ1v) is 23.0. The number of amides is 1. The summed E-state index contributed by atoms with van der Waals surface area (Å²) < 4.78 is 66.0. The molecule has 3 aromatic rings. The first-order chi connectivity index (χ1) is 32.2. The van der Waals surface area contributed by atoms with Crippen LogP contribution in [-0.2, 0) is 56.8 Å². The Morgan fingerprint density at radius 1 is 0.446 bits per heavy atom. The molecule has 0 aromatic heterocycles. The number of hydrogen-bond acceptors (Lipinski definition) is 15. The molecule has 16 heteroatoms. The summed E-state index contributed by atoms with van der Waals surface area (Å²) in [7, 11) is 0. The lowest BCUT2D eigenvalue weighted by Gasteiger charge is -2.14. The van der Waals surface area contributed by atoms with Gasteiger partial charge in [-0.3, -0.25) is 0 Å². The zero-order chi connectivity index (χ0) is 45.7. The maximum Gasteiger partial charge on any atom is 0.407 e. The van der Waals surface area contributed by atoms with Crippen molar-refractivity contribution in [1.82, 2.24) is 5.32 Å². The number of unbranched alkanes of at least 4 members (excludes halogenated alkanes) is 1. The van der Waals surface area contributed by atoms with E-state index in [2.05, 4.69) is 41.8 Å². The number of ether oxygens (including phenoxy) is 12. The second-order valence-electron chi connectivity index (χ2n) is 14.7. The number of nitrogens with one attached hydrogen (secondary N) is 2. The van der Waals surface area contributed by atoms with Crippen LogP contribution in [0.2, 0.25) is 0 Å². The minimum atomic E-state index is -0.419. The summed E-state index contributed by atoms with van der Waals surface area (Å²) in [6, 6.07) is 23.8. The number of esters is 1. The number of carbonyl (C=O) groups is 2. The van der Waals surface area contributed by atoms with Crippen molar-refractivity contribution in [3.05, 3.63) is 89.5 Å². The van der Waals surface area contributed by atoms with Crippen molar-refractivity contribution in [2.75, 3.05) is 164 Å². The largest absolute Gasteiger partial charge is 0.460 e. The summed E-state index contributed by atoms with van der Waals surface area (Å²) in [5, 5.41) is 6.13. The molecule has 0 heterocycles. The SMILES string of the molecule is CCCCNc1ccc(C(=O)OCCOCCOCCOCCOCCOCCOCCOCCOCCOCCOCCCNC(=O)OCC2c3ccccc3-c3ccccc32)cc1. The molecule has 0 saturated heterocycles. The molecule has 0 fully saturated rings. The molecule has 16 nitrogen and oxygen atoms in total. The standard InChI is InChI=1S/C49H72N2O14/c1-2-3-17-50-42-15-13-41(14-16-42)48(52)64-39-38-63-37-36-62-35-34-61-33-32-60-31-30-59-29-28-58-27-26-57-25-24-56-23-22-55-21-20-54-19-8-18-51-49(53)65-40-47-45-11-6-4-9-43(45)44-10-5-7-12-46(44)47/h4-7,9-16,47,50H,2-3,8,17-40H2,1H3,(H,51,53). The van der Waals surface area contributed by atoms with Crippen LogP contribution in [0.4, 0.5) is 10.5 Å². The Balaban J connectivity index is 0.771. The predicted octanol–water partition coefficient (Wildman–Crippen LogP) is 6.15. The molecule has 0 bridgehead atoms. The van der Waals surface area contributed by atoms with Crippen molar-refractivity contribution in [3.8, 4) is 11.1 Å². The Morgan fingerprint density at radius 2 is 0.846 bits per heavy atom. The Kier molecular flexibility index (Phi) is 29.6. The third kappa shape index (κ3) is 23.7. The first-order valence-electron chi connectivity index (χ1n) is 23.0. The van der Waals surface area contributed by atoms with Crippen LogP contribution in [0.5, 0.6) is 0 Å².